The van der Waals surface area contributed by atoms with E-state index in [4.69, 9.17) is 9.72 Å². The molecule has 2 atom stereocenters. The third-order valence-corrected chi connectivity index (χ3v) is 4.59. The van der Waals surface area contributed by atoms with Gasteiger partial charge in [0.05, 0.1) is 6.17 Å². The molecule has 0 bridgehead atoms. The van der Waals surface area contributed by atoms with Crippen molar-refractivity contribution >= 4 is 11.2 Å². The SMILES string of the molecule is c1cnc2c(c1)nc(CC1CCCOC1)n2C1CCCN1. The number of imidazole rings is 1. The maximum atomic E-state index is 5.63. The minimum absolute atomic E-state index is 0.351. The molecule has 4 heterocycles. The first-order chi connectivity index (χ1) is 10.4. The Kier molecular flexibility index (Phi) is 3.61. The lowest BCUT2D eigenvalue weighted by Gasteiger charge is -2.23. The molecule has 2 fully saturated rings. The first-order valence-corrected chi connectivity index (χ1v) is 8.05. The highest BCUT2D eigenvalue weighted by Crippen LogP contribution is 2.27. The number of nitrogens with one attached hydrogen (secondary N) is 1. The first-order valence-electron chi connectivity index (χ1n) is 8.05. The Hall–Kier alpha value is -1.46. The van der Waals surface area contributed by atoms with E-state index in [-0.39, 0.29) is 0 Å². The number of hydrogen-bond acceptors (Lipinski definition) is 4. The van der Waals surface area contributed by atoms with Crippen molar-refractivity contribution < 1.29 is 4.74 Å². The maximum absolute atomic E-state index is 5.63. The highest BCUT2D eigenvalue weighted by molar-refractivity contribution is 5.71. The summed E-state index contributed by atoms with van der Waals surface area (Å²) in [4.78, 5) is 9.42. The van der Waals surface area contributed by atoms with Crippen molar-refractivity contribution in [2.45, 2.75) is 38.3 Å². The van der Waals surface area contributed by atoms with Gasteiger partial charge in [-0.05, 0) is 50.3 Å². The van der Waals surface area contributed by atoms with Crippen LogP contribution in [0.2, 0.25) is 0 Å². The van der Waals surface area contributed by atoms with Crippen LogP contribution in [-0.4, -0.2) is 34.3 Å². The van der Waals surface area contributed by atoms with E-state index >= 15 is 0 Å². The van der Waals surface area contributed by atoms with Crippen LogP contribution in [0.1, 0.15) is 37.7 Å². The zero-order chi connectivity index (χ0) is 14.1. The summed E-state index contributed by atoms with van der Waals surface area (Å²) in [5.74, 6) is 1.76. The van der Waals surface area contributed by atoms with Crippen LogP contribution in [0.25, 0.3) is 11.2 Å². The fraction of sp³-hybridized carbons (Fsp3) is 0.625. The minimum atomic E-state index is 0.351. The van der Waals surface area contributed by atoms with Gasteiger partial charge < -0.3 is 4.74 Å². The fourth-order valence-corrected chi connectivity index (χ4v) is 3.56. The fourth-order valence-electron chi connectivity index (χ4n) is 3.56. The van der Waals surface area contributed by atoms with Gasteiger partial charge in [0, 0.05) is 25.8 Å². The Morgan fingerprint density at radius 2 is 2.33 bits per heavy atom. The van der Waals surface area contributed by atoms with Gasteiger partial charge in [0.25, 0.3) is 0 Å². The van der Waals surface area contributed by atoms with E-state index in [1.165, 1.54) is 25.1 Å². The Labute approximate surface area is 124 Å². The average Bonchev–Trinajstić information content (AvgIpc) is 3.14. The summed E-state index contributed by atoms with van der Waals surface area (Å²) in [7, 11) is 0. The molecule has 2 unspecified atom stereocenters. The van der Waals surface area contributed by atoms with Crippen LogP contribution in [0.5, 0.6) is 0 Å². The zero-order valence-electron chi connectivity index (χ0n) is 12.3. The molecule has 2 aliphatic heterocycles. The summed E-state index contributed by atoms with van der Waals surface area (Å²) in [6.07, 6.45) is 8.01. The van der Waals surface area contributed by atoms with Crippen molar-refractivity contribution in [1.82, 2.24) is 19.9 Å². The largest absolute Gasteiger partial charge is 0.381 e. The topological polar surface area (TPSA) is 52.0 Å². The quantitative estimate of drug-likeness (QED) is 0.940. The smallest absolute Gasteiger partial charge is 0.161 e. The van der Waals surface area contributed by atoms with Gasteiger partial charge in [-0.1, -0.05) is 0 Å². The van der Waals surface area contributed by atoms with Crippen molar-refractivity contribution in [1.29, 1.82) is 0 Å². The lowest BCUT2D eigenvalue weighted by Crippen LogP contribution is -2.25. The molecular formula is C16H22N4O. The molecule has 0 aliphatic carbocycles. The van der Waals surface area contributed by atoms with E-state index < -0.39 is 0 Å². The van der Waals surface area contributed by atoms with E-state index in [1.807, 2.05) is 12.3 Å². The van der Waals surface area contributed by atoms with Crippen molar-refractivity contribution in [2.75, 3.05) is 19.8 Å². The molecule has 0 spiro atoms. The van der Waals surface area contributed by atoms with Crippen molar-refractivity contribution in [2.24, 2.45) is 5.92 Å². The normalized spacial score (nSPS) is 26.5. The summed E-state index contributed by atoms with van der Waals surface area (Å²) in [5.41, 5.74) is 2.03. The van der Waals surface area contributed by atoms with Gasteiger partial charge in [0.1, 0.15) is 11.3 Å². The molecule has 0 saturated carbocycles. The number of hydrogen-bond donors (Lipinski definition) is 1. The van der Waals surface area contributed by atoms with Gasteiger partial charge in [-0.2, -0.15) is 0 Å². The van der Waals surface area contributed by atoms with Crippen LogP contribution in [0, 0.1) is 5.92 Å². The lowest BCUT2D eigenvalue weighted by molar-refractivity contribution is 0.0538. The molecule has 1 N–H and O–H groups in total. The Morgan fingerprint density at radius 3 is 3.14 bits per heavy atom. The molecule has 5 heteroatoms. The van der Waals surface area contributed by atoms with Crippen LogP contribution >= 0.6 is 0 Å². The Bertz CT molecular complexity index is 612. The number of aromatic nitrogens is 3. The van der Waals surface area contributed by atoms with Crippen molar-refractivity contribution in [3.8, 4) is 0 Å². The first kappa shape index (κ1) is 13.2. The summed E-state index contributed by atoms with van der Waals surface area (Å²) in [6.45, 7) is 2.87. The molecule has 21 heavy (non-hydrogen) atoms. The summed E-state index contributed by atoms with van der Waals surface area (Å²) in [6, 6.07) is 4.03. The predicted molar refractivity (Wildman–Crippen MR) is 81.0 cm³/mol. The number of fused-ring (bicyclic) bond motifs is 1. The number of ether oxygens (including phenoxy) is 1. The van der Waals surface area contributed by atoms with E-state index in [9.17, 15) is 0 Å². The zero-order valence-corrected chi connectivity index (χ0v) is 12.3. The van der Waals surface area contributed by atoms with Crippen LogP contribution < -0.4 is 5.32 Å². The Morgan fingerprint density at radius 1 is 1.33 bits per heavy atom. The molecule has 0 radical (unpaired) electrons. The Balaban J connectivity index is 1.70. The molecule has 2 saturated heterocycles. The molecule has 2 aromatic rings. The van der Waals surface area contributed by atoms with Crippen LogP contribution in [0.15, 0.2) is 18.3 Å². The van der Waals surface area contributed by atoms with Gasteiger partial charge in [0.2, 0.25) is 0 Å². The molecule has 2 aromatic heterocycles. The number of pyridine rings is 1. The third kappa shape index (κ3) is 2.56. The summed E-state index contributed by atoms with van der Waals surface area (Å²) < 4.78 is 7.96. The standard InChI is InChI=1S/C16H22N4O/c1-5-13-16(18-8-1)20(14-6-2-7-17-14)15(19-13)10-12-4-3-9-21-11-12/h1,5,8,12,14,17H,2-4,6-7,9-11H2. The summed E-state index contributed by atoms with van der Waals surface area (Å²) in [5, 5.41) is 3.58. The molecule has 0 amide bonds. The van der Waals surface area contributed by atoms with E-state index in [1.54, 1.807) is 0 Å². The van der Waals surface area contributed by atoms with Crippen LogP contribution in [0.4, 0.5) is 0 Å². The minimum Gasteiger partial charge on any atom is -0.381 e. The van der Waals surface area contributed by atoms with Crippen molar-refractivity contribution in [3.05, 3.63) is 24.2 Å². The number of nitrogens with zero attached hydrogens (tertiary/aromatic N) is 3. The molecular weight excluding hydrogens is 264 g/mol. The van der Waals surface area contributed by atoms with E-state index in [0.29, 0.717) is 12.1 Å². The summed E-state index contributed by atoms with van der Waals surface area (Å²) >= 11 is 0. The molecule has 2 aliphatic rings. The van der Waals surface area contributed by atoms with Gasteiger partial charge in [-0.15, -0.1) is 0 Å². The molecule has 4 rings (SSSR count). The second kappa shape index (κ2) is 5.73. The number of rotatable bonds is 3. The van der Waals surface area contributed by atoms with Gasteiger partial charge in [-0.3, -0.25) is 9.88 Å². The van der Waals surface area contributed by atoms with Gasteiger partial charge in [0.15, 0.2) is 5.65 Å². The predicted octanol–water partition coefficient (Wildman–Crippen LogP) is 2.28. The van der Waals surface area contributed by atoms with Crippen LogP contribution in [-0.2, 0) is 11.2 Å². The van der Waals surface area contributed by atoms with E-state index in [2.05, 4.69) is 20.9 Å². The molecule has 0 aromatic carbocycles. The average molecular weight is 286 g/mol. The second-order valence-electron chi connectivity index (χ2n) is 6.14. The highest BCUT2D eigenvalue weighted by atomic mass is 16.5. The third-order valence-electron chi connectivity index (χ3n) is 4.59. The monoisotopic (exact) mass is 286 g/mol. The van der Waals surface area contributed by atoms with Crippen molar-refractivity contribution in [3.63, 3.8) is 0 Å². The molecule has 112 valence electrons. The molecule has 5 nitrogen and oxygen atoms in total. The van der Waals surface area contributed by atoms with Gasteiger partial charge in [-0.25, -0.2) is 9.97 Å². The van der Waals surface area contributed by atoms with E-state index in [0.717, 1.165) is 43.8 Å². The van der Waals surface area contributed by atoms with Gasteiger partial charge >= 0.3 is 0 Å². The highest BCUT2D eigenvalue weighted by Gasteiger charge is 2.25. The maximum Gasteiger partial charge on any atom is 0.161 e. The lowest BCUT2D eigenvalue weighted by atomic mass is 9.98. The second-order valence-corrected chi connectivity index (χ2v) is 6.14. The van der Waals surface area contributed by atoms with Crippen LogP contribution in [0.3, 0.4) is 0 Å².